The molecule has 1 heterocycles. The summed E-state index contributed by atoms with van der Waals surface area (Å²) in [6, 6.07) is 11.3. The summed E-state index contributed by atoms with van der Waals surface area (Å²) in [6.45, 7) is 0.472. The molecule has 4 nitrogen and oxygen atoms in total. The summed E-state index contributed by atoms with van der Waals surface area (Å²) in [7, 11) is 3.36. The van der Waals surface area contributed by atoms with Gasteiger partial charge in [0.25, 0.3) is 0 Å². The highest BCUT2D eigenvalue weighted by atomic mass is 79.9. The Labute approximate surface area is 138 Å². The van der Waals surface area contributed by atoms with Gasteiger partial charge >= 0.3 is 0 Å². The summed E-state index contributed by atoms with van der Waals surface area (Å²) < 4.78 is 6.21. The Kier molecular flexibility index (Phi) is 5.72. The molecule has 2 rings (SSSR count). The number of pyridine rings is 1. The fraction of sp³-hybridized carbons (Fsp3) is 0.176. The maximum Gasteiger partial charge on any atom is 0.246 e. The first-order valence-corrected chi connectivity index (χ1v) is 7.56. The lowest BCUT2D eigenvalue weighted by molar-refractivity contribution is -0.125. The van der Waals surface area contributed by atoms with Crippen LogP contribution in [0, 0.1) is 0 Å². The molecule has 0 fully saturated rings. The first kappa shape index (κ1) is 16.2. The fourth-order valence-electron chi connectivity index (χ4n) is 1.94. The third-order valence-electron chi connectivity index (χ3n) is 3.10. The number of hydrogen-bond donors (Lipinski definition) is 0. The number of carbonyl (C=O) groups is 1. The normalized spacial score (nSPS) is 10.7. The van der Waals surface area contributed by atoms with E-state index in [2.05, 4.69) is 20.9 Å². The Hall–Kier alpha value is -2.14. The van der Waals surface area contributed by atoms with Crippen molar-refractivity contribution in [1.29, 1.82) is 0 Å². The standard InChI is InChI=1S/C17H17BrN2O2/c1-20(12-15-5-3-4-10-19-15)17(21)9-6-13-11-14(18)7-8-16(13)22-2/h3-11H,12H2,1-2H3. The average molecular weight is 361 g/mol. The monoisotopic (exact) mass is 360 g/mol. The maximum absolute atomic E-state index is 12.2. The molecule has 5 heteroatoms. The Morgan fingerprint density at radius 1 is 1.36 bits per heavy atom. The molecule has 1 aromatic carbocycles. The number of aromatic nitrogens is 1. The summed E-state index contributed by atoms with van der Waals surface area (Å²) in [5.41, 5.74) is 1.70. The van der Waals surface area contributed by atoms with Gasteiger partial charge < -0.3 is 9.64 Å². The van der Waals surface area contributed by atoms with Gasteiger partial charge in [-0.1, -0.05) is 22.0 Å². The number of methoxy groups -OCH3 is 1. The Balaban J connectivity index is 2.06. The van der Waals surface area contributed by atoms with Gasteiger partial charge in [-0.3, -0.25) is 9.78 Å². The number of nitrogens with zero attached hydrogens (tertiary/aromatic N) is 2. The number of amides is 1. The Bertz CT molecular complexity index is 672. The molecule has 0 aliphatic heterocycles. The summed E-state index contributed by atoms with van der Waals surface area (Å²) >= 11 is 3.41. The van der Waals surface area contributed by atoms with Crippen LogP contribution in [0.5, 0.6) is 5.75 Å². The van der Waals surface area contributed by atoms with E-state index in [0.717, 1.165) is 21.5 Å². The van der Waals surface area contributed by atoms with Crippen molar-refractivity contribution in [3.63, 3.8) is 0 Å². The fourth-order valence-corrected chi connectivity index (χ4v) is 2.32. The molecule has 0 saturated heterocycles. The lowest BCUT2D eigenvalue weighted by atomic mass is 10.2. The van der Waals surface area contributed by atoms with Crippen molar-refractivity contribution in [2.45, 2.75) is 6.54 Å². The molecule has 0 aliphatic carbocycles. The second kappa shape index (κ2) is 7.75. The van der Waals surface area contributed by atoms with Gasteiger partial charge in [-0.05, 0) is 36.4 Å². The van der Waals surface area contributed by atoms with Crippen LogP contribution < -0.4 is 4.74 Å². The van der Waals surface area contributed by atoms with Crippen LogP contribution in [0.4, 0.5) is 0 Å². The van der Waals surface area contributed by atoms with Crippen molar-refractivity contribution in [3.8, 4) is 5.75 Å². The van der Waals surface area contributed by atoms with Crippen molar-refractivity contribution in [2.75, 3.05) is 14.2 Å². The van der Waals surface area contributed by atoms with E-state index in [9.17, 15) is 4.79 Å². The molecule has 0 N–H and O–H groups in total. The van der Waals surface area contributed by atoms with Gasteiger partial charge in [0.15, 0.2) is 0 Å². The summed E-state index contributed by atoms with van der Waals surface area (Å²) in [6.07, 6.45) is 5.00. The van der Waals surface area contributed by atoms with Crippen molar-refractivity contribution in [2.24, 2.45) is 0 Å². The molecular formula is C17H17BrN2O2. The molecule has 1 amide bonds. The van der Waals surface area contributed by atoms with E-state index < -0.39 is 0 Å². The van der Waals surface area contributed by atoms with Crippen LogP contribution in [0.25, 0.3) is 6.08 Å². The predicted molar refractivity (Wildman–Crippen MR) is 90.4 cm³/mol. The predicted octanol–water partition coefficient (Wildman–Crippen LogP) is 3.52. The number of ether oxygens (including phenoxy) is 1. The van der Waals surface area contributed by atoms with Crippen molar-refractivity contribution < 1.29 is 9.53 Å². The first-order valence-electron chi connectivity index (χ1n) is 6.77. The van der Waals surface area contributed by atoms with E-state index in [4.69, 9.17) is 4.74 Å². The Morgan fingerprint density at radius 3 is 2.86 bits per heavy atom. The van der Waals surface area contributed by atoms with Gasteiger partial charge in [0.2, 0.25) is 5.91 Å². The van der Waals surface area contributed by atoms with Crippen molar-refractivity contribution in [3.05, 3.63) is 64.4 Å². The molecule has 22 heavy (non-hydrogen) atoms. The molecule has 0 saturated carbocycles. The number of benzene rings is 1. The quantitative estimate of drug-likeness (QED) is 0.766. The first-order chi connectivity index (χ1) is 10.6. The van der Waals surface area contributed by atoms with E-state index in [0.29, 0.717) is 6.54 Å². The van der Waals surface area contributed by atoms with Crippen molar-refractivity contribution >= 4 is 27.9 Å². The lowest BCUT2D eigenvalue weighted by Crippen LogP contribution is -2.24. The average Bonchev–Trinajstić information content (AvgIpc) is 2.53. The van der Waals surface area contributed by atoms with Gasteiger partial charge in [0.05, 0.1) is 19.3 Å². The number of hydrogen-bond acceptors (Lipinski definition) is 3. The van der Waals surface area contributed by atoms with E-state index in [-0.39, 0.29) is 5.91 Å². The zero-order valence-electron chi connectivity index (χ0n) is 12.5. The third kappa shape index (κ3) is 4.43. The third-order valence-corrected chi connectivity index (χ3v) is 3.59. The van der Waals surface area contributed by atoms with E-state index in [1.165, 1.54) is 6.08 Å². The largest absolute Gasteiger partial charge is 0.496 e. The molecule has 0 radical (unpaired) electrons. The molecule has 0 atom stereocenters. The van der Waals surface area contributed by atoms with Crippen molar-refractivity contribution in [1.82, 2.24) is 9.88 Å². The topological polar surface area (TPSA) is 42.4 Å². The number of rotatable bonds is 5. The van der Waals surface area contributed by atoms with Crippen LogP contribution in [0.2, 0.25) is 0 Å². The van der Waals surface area contributed by atoms with Gasteiger partial charge in [-0.15, -0.1) is 0 Å². The molecule has 0 aliphatic rings. The van der Waals surface area contributed by atoms with Crippen LogP contribution in [0.1, 0.15) is 11.3 Å². The van der Waals surface area contributed by atoms with Crippen LogP contribution in [0.3, 0.4) is 0 Å². The van der Waals surface area contributed by atoms with Crippen LogP contribution in [-0.2, 0) is 11.3 Å². The van der Waals surface area contributed by atoms with Crippen LogP contribution >= 0.6 is 15.9 Å². The van der Waals surface area contributed by atoms with Crippen LogP contribution in [-0.4, -0.2) is 29.9 Å². The minimum Gasteiger partial charge on any atom is -0.496 e. The zero-order valence-corrected chi connectivity index (χ0v) is 14.1. The second-order valence-electron chi connectivity index (χ2n) is 4.73. The number of likely N-dealkylation sites (N-methyl/N-ethyl adjacent to an activating group) is 1. The lowest BCUT2D eigenvalue weighted by Gasteiger charge is -2.14. The zero-order chi connectivity index (χ0) is 15.9. The molecule has 1 aromatic heterocycles. The van der Waals surface area contributed by atoms with Crippen LogP contribution in [0.15, 0.2) is 53.1 Å². The van der Waals surface area contributed by atoms with Gasteiger partial charge in [-0.2, -0.15) is 0 Å². The second-order valence-corrected chi connectivity index (χ2v) is 5.65. The summed E-state index contributed by atoms with van der Waals surface area (Å²) in [5.74, 6) is 0.632. The molecule has 114 valence electrons. The number of halogens is 1. The van der Waals surface area contributed by atoms with E-state index >= 15 is 0 Å². The summed E-state index contributed by atoms with van der Waals surface area (Å²) in [5, 5.41) is 0. The van der Waals surface area contributed by atoms with Gasteiger partial charge in [-0.25, -0.2) is 0 Å². The van der Waals surface area contributed by atoms with E-state index in [1.54, 1.807) is 31.3 Å². The minimum absolute atomic E-state index is 0.0901. The minimum atomic E-state index is -0.0901. The van der Waals surface area contributed by atoms with Gasteiger partial charge in [0, 0.05) is 29.4 Å². The SMILES string of the molecule is COc1ccc(Br)cc1C=CC(=O)N(C)Cc1ccccn1. The molecule has 0 bridgehead atoms. The molecule has 0 spiro atoms. The summed E-state index contributed by atoms with van der Waals surface area (Å²) in [4.78, 5) is 18.0. The highest BCUT2D eigenvalue weighted by Gasteiger charge is 2.07. The maximum atomic E-state index is 12.2. The molecular weight excluding hydrogens is 344 g/mol. The molecule has 0 unspecified atom stereocenters. The number of carbonyl (C=O) groups excluding carboxylic acids is 1. The van der Waals surface area contributed by atoms with Gasteiger partial charge in [0.1, 0.15) is 5.75 Å². The Morgan fingerprint density at radius 2 is 2.18 bits per heavy atom. The highest BCUT2D eigenvalue weighted by molar-refractivity contribution is 9.10. The highest BCUT2D eigenvalue weighted by Crippen LogP contribution is 2.24. The molecule has 2 aromatic rings. The smallest absolute Gasteiger partial charge is 0.246 e. The van der Waals surface area contributed by atoms with E-state index in [1.807, 2.05) is 36.4 Å².